The summed E-state index contributed by atoms with van der Waals surface area (Å²) in [6, 6.07) is 6.14. The molecule has 94 valence electrons. The Bertz CT molecular complexity index is 530. The van der Waals surface area contributed by atoms with Gasteiger partial charge >= 0.3 is 0 Å². The predicted octanol–water partition coefficient (Wildman–Crippen LogP) is 0.936. The molecule has 1 unspecified atom stereocenters. The molecule has 5 nitrogen and oxygen atoms in total. The predicted molar refractivity (Wildman–Crippen MR) is 67.8 cm³/mol. The highest BCUT2D eigenvalue weighted by atomic mass is 79.9. The number of benzene rings is 1. The Balaban J connectivity index is 2.12. The molecule has 0 bridgehead atoms. The maximum absolute atomic E-state index is 12.0. The van der Waals surface area contributed by atoms with E-state index < -0.39 is 6.04 Å². The van der Waals surface area contributed by atoms with Gasteiger partial charge in [0.05, 0.1) is 12.0 Å². The minimum Gasteiger partial charge on any atom is -0.340 e. The molecule has 0 spiro atoms. The number of amides is 3. The number of likely N-dealkylation sites (N-methyl/N-ethyl adjacent to an activating group) is 1. The second-order valence-corrected chi connectivity index (χ2v) is 4.86. The maximum Gasteiger partial charge on any atom is 0.253 e. The number of rotatable bonds is 2. The van der Waals surface area contributed by atoms with E-state index in [0.717, 1.165) is 4.90 Å². The average Bonchev–Trinajstić information content (AvgIpc) is 2.57. The van der Waals surface area contributed by atoms with Crippen LogP contribution in [0.4, 0.5) is 0 Å². The Morgan fingerprint density at radius 2 is 2.06 bits per heavy atom. The van der Waals surface area contributed by atoms with E-state index in [1.807, 2.05) is 0 Å². The number of nitrogens with zero attached hydrogens (tertiary/aromatic N) is 1. The fourth-order valence-corrected chi connectivity index (χ4v) is 2.21. The van der Waals surface area contributed by atoms with E-state index in [1.165, 1.54) is 7.05 Å². The first-order chi connectivity index (χ1) is 8.50. The van der Waals surface area contributed by atoms with Crippen LogP contribution in [0.25, 0.3) is 0 Å². The third-order valence-corrected chi connectivity index (χ3v) is 3.50. The van der Waals surface area contributed by atoms with E-state index in [9.17, 15) is 14.4 Å². The lowest BCUT2D eigenvalue weighted by Crippen LogP contribution is -2.40. The topological polar surface area (TPSA) is 66.5 Å². The van der Waals surface area contributed by atoms with E-state index in [1.54, 1.807) is 24.3 Å². The number of hydrogen-bond acceptors (Lipinski definition) is 3. The van der Waals surface area contributed by atoms with Gasteiger partial charge in [-0.05, 0) is 28.1 Å². The highest BCUT2D eigenvalue weighted by Gasteiger charge is 2.37. The highest BCUT2D eigenvalue weighted by Crippen LogP contribution is 2.17. The molecule has 0 aliphatic carbocycles. The number of halogens is 1. The molecule has 0 saturated carbocycles. The number of carbonyl (C=O) groups excluding carboxylic acids is 3. The average molecular weight is 311 g/mol. The lowest BCUT2D eigenvalue weighted by molar-refractivity contribution is -0.137. The van der Waals surface area contributed by atoms with Crippen LogP contribution < -0.4 is 5.32 Å². The van der Waals surface area contributed by atoms with E-state index in [2.05, 4.69) is 21.2 Å². The second kappa shape index (κ2) is 4.89. The molecule has 0 aromatic heterocycles. The van der Waals surface area contributed by atoms with Crippen molar-refractivity contribution in [2.24, 2.45) is 0 Å². The van der Waals surface area contributed by atoms with Crippen LogP contribution in [0.5, 0.6) is 0 Å². The number of nitrogens with one attached hydrogen (secondary N) is 1. The molecule has 1 aromatic carbocycles. The minimum absolute atomic E-state index is 0.0194. The molecule has 1 N–H and O–H groups in total. The van der Waals surface area contributed by atoms with Crippen molar-refractivity contribution in [2.45, 2.75) is 12.5 Å². The largest absolute Gasteiger partial charge is 0.340 e. The monoisotopic (exact) mass is 310 g/mol. The minimum atomic E-state index is -0.762. The van der Waals surface area contributed by atoms with Crippen LogP contribution in [0.3, 0.4) is 0 Å². The summed E-state index contributed by atoms with van der Waals surface area (Å²) in [7, 11) is 1.41. The summed E-state index contributed by atoms with van der Waals surface area (Å²) in [4.78, 5) is 36.0. The van der Waals surface area contributed by atoms with E-state index in [4.69, 9.17) is 0 Å². The van der Waals surface area contributed by atoms with Gasteiger partial charge in [-0.3, -0.25) is 19.3 Å². The maximum atomic E-state index is 12.0. The molecule has 2 rings (SSSR count). The highest BCUT2D eigenvalue weighted by molar-refractivity contribution is 9.10. The van der Waals surface area contributed by atoms with Gasteiger partial charge in [0.1, 0.15) is 6.04 Å². The van der Waals surface area contributed by atoms with Crippen LogP contribution >= 0.6 is 15.9 Å². The first-order valence-electron chi connectivity index (χ1n) is 5.36. The smallest absolute Gasteiger partial charge is 0.253 e. The Kier molecular flexibility index (Phi) is 3.47. The lowest BCUT2D eigenvalue weighted by Gasteiger charge is -2.11. The zero-order chi connectivity index (χ0) is 13.3. The van der Waals surface area contributed by atoms with E-state index in [0.29, 0.717) is 10.0 Å². The molecule has 1 atom stereocenters. The van der Waals surface area contributed by atoms with Gasteiger partial charge in [-0.25, -0.2) is 0 Å². The third-order valence-electron chi connectivity index (χ3n) is 2.81. The Morgan fingerprint density at radius 3 is 2.61 bits per heavy atom. The quantitative estimate of drug-likeness (QED) is 0.827. The Hall–Kier alpha value is -1.69. The van der Waals surface area contributed by atoms with Crippen LogP contribution in [0.1, 0.15) is 16.8 Å². The van der Waals surface area contributed by atoms with Crippen LogP contribution in [-0.4, -0.2) is 35.7 Å². The Labute approximate surface area is 112 Å². The van der Waals surface area contributed by atoms with Crippen LogP contribution in [0.15, 0.2) is 28.7 Å². The molecule has 1 heterocycles. The fraction of sp³-hybridized carbons (Fsp3) is 0.250. The first-order valence-corrected chi connectivity index (χ1v) is 6.16. The first kappa shape index (κ1) is 12.8. The van der Waals surface area contributed by atoms with Gasteiger partial charge in [-0.1, -0.05) is 12.1 Å². The zero-order valence-electron chi connectivity index (χ0n) is 9.64. The normalized spacial score (nSPS) is 19.2. The van der Waals surface area contributed by atoms with Gasteiger partial charge in [0.25, 0.3) is 11.8 Å². The van der Waals surface area contributed by atoms with Crippen molar-refractivity contribution in [1.82, 2.24) is 10.2 Å². The molecule has 1 aliphatic heterocycles. The molecule has 0 radical (unpaired) electrons. The fourth-order valence-electron chi connectivity index (χ4n) is 1.75. The summed E-state index contributed by atoms with van der Waals surface area (Å²) >= 11 is 3.26. The van der Waals surface area contributed by atoms with E-state index in [-0.39, 0.29) is 24.1 Å². The summed E-state index contributed by atoms with van der Waals surface area (Å²) in [6.45, 7) is 0. The van der Waals surface area contributed by atoms with Crippen molar-refractivity contribution in [3.63, 3.8) is 0 Å². The molecule has 1 aromatic rings. The molecule has 18 heavy (non-hydrogen) atoms. The SMILES string of the molecule is CN1C(=O)CC(NC(=O)c2ccccc2Br)C1=O. The van der Waals surface area contributed by atoms with Crippen molar-refractivity contribution in [3.05, 3.63) is 34.3 Å². The number of imide groups is 1. The third kappa shape index (κ3) is 2.28. The van der Waals surface area contributed by atoms with Gasteiger partial charge in [-0.15, -0.1) is 0 Å². The second-order valence-electron chi connectivity index (χ2n) is 4.00. The van der Waals surface area contributed by atoms with Crippen LogP contribution in [0, 0.1) is 0 Å². The van der Waals surface area contributed by atoms with Gasteiger partial charge < -0.3 is 5.32 Å². The van der Waals surface area contributed by atoms with Crippen LogP contribution in [-0.2, 0) is 9.59 Å². The van der Waals surface area contributed by atoms with Gasteiger partial charge in [0.15, 0.2) is 0 Å². The molecule has 6 heteroatoms. The van der Waals surface area contributed by atoms with Crippen molar-refractivity contribution >= 4 is 33.7 Å². The number of carbonyl (C=O) groups is 3. The van der Waals surface area contributed by atoms with Gasteiger partial charge in [0, 0.05) is 11.5 Å². The summed E-state index contributed by atoms with van der Waals surface area (Å²) in [6.07, 6.45) is 0.0194. The van der Waals surface area contributed by atoms with E-state index >= 15 is 0 Å². The van der Waals surface area contributed by atoms with Crippen molar-refractivity contribution < 1.29 is 14.4 Å². The molecule has 3 amide bonds. The summed E-state index contributed by atoms with van der Waals surface area (Å²) in [5.41, 5.74) is 0.437. The molecular formula is C12H11BrN2O3. The summed E-state index contributed by atoms with van der Waals surface area (Å²) in [5.74, 6) is -1.03. The summed E-state index contributed by atoms with van der Waals surface area (Å²) < 4.78 is 0.646. The zero-order valence-corrected chi connectivity index (χ0v) is 11.2. The molecule has 1 aliphatic rings. The van der Waals surface area contributed by atoms with Crippen molar-refractivity contribution in [3.8, 4) is 0 Å². The molecule has 1 fully saturated rings. The van der Waals surface area contributed by atoms with Crippen molar-refractivity contribution in [2.75, 3.05) is 7.05 Å². The number of hydrogen-bond donors (Lipinski definition) is 1. The molecule has 1 saturated heterocycles. The Morgan fingerprint density at radius 1 is 1.39 bits per heavy atom. The van der Waals surface area contributed by atoms with Crippen LogP contribution in [0.2, 0.25) is 0 Å². The lowest BCUT2D eigenvalue weighted by atomic mass is 10.2. The standard InChI is InChI=1S/C12H11BrN2O3/c1-15-10(16)6-9(12(15)18)14-11(17)7-4-2-3-5-8(7)13/h2-5,9H,6H2,1H3,(H,14,17). The van der Waals surface area contributed by atoms with Gasteiger partial charge in [-0.2, -0.15) is 0 Å². The number of likely N-dealkylation sites (tertiary alicyclic amines) is 1. The van der Waals surface area contributed by atoms with Crippen molar-refractivity contribution in [1.29, 1.82) is 0 Å². The van der Waals surface area contributed by atoms with Gasteiger partial charge in [0.2, 0.25) is 5.91 Å². The molecular weight excluding hydrogens is 300 g/mol. The summed E-state index contributed by atoms with van der Waals surface area (Å²) in [5, 5.41) is 2.57.